The van der Waals surface area contributed by atoms with E-state index in [1.807, 2.05) is 13.1 Å². The Labute approximate surface area is 163 Å². The molecule has 8 nitrogen and oxygen atoms in total. The lowest BCUT2D eigenvalue weighted by Crippen LogP contribution is -2.54. The van der Waals surface area contributed by atoms with E-state index >= 15 is 0 Å². The number of hydrogen-bond donors (Lipinski definition) is 2. The fourth-order valence-corrected chi connectivity index (χ4v) is 4.32. The maximum atomic E-state index is 13.1. The van der Waals surface area contributed by atoms with Gasteiger partial charge in [0, 0.05) is 25.6 Å². The molecule has 2 fully saturated rings. The molecule has 4 amide bonds. The van der Waals surface area contributed by atoms with Gasteiger partial charge in [0.25, 0.3) is 11.8 Å². The summed E-state index contributed by atoms with van der Waals surface area (Å²) in [5, 5.41) is 5.61. The summed E-state index contributed by atoms with van der Waals surface area (Å²) < 4.78 is 0. The van der Waals surface area contributed by atoms with Gasteiger partial charge in [0.15, 0.2) is 0 Å². The molecule has 1 aromatic rings. The molecule has 4 rings (SSSR count). The Kier molecular flexibility index (Phi) is 4.99. The van der Waals surface area contributed by atoms with E-state index in [4.69, 9.17) is 0 Å². The van der Waals surface area contributed by atoms with Gasteiger partial charge in [0.05, 0.1) is 11.1 Å². The molecule has 3 aliphatic heterocycles. The van der Waals surface area contributed by atoms with Crippen LogP contribution in [-0.2, 0) is 16.1 Å². The summed E-state index contributed by atoms with van der Waals surface area (Å²) in [6.45, 7) is 2.48. The Morgan fingerprint density at radius 1 is 1.14 bits per heavy atom. The second-order valence-electron chi connectivity index (χ2n) is 7.70. The van der Waals surface area contributed by atoms with Crippen molar-refractivity contribution in [2.75, 3.05) is 20.1 Å². The molecular formula is C20H24N4O4. The molecule has 1 aromatic carbocycles. The number of rotatable bonds is 4. The quantitative estimate of drug-likeness (QED) is 0.723. The average Bonchev–Trinajstić information content (AvgIpc) is 2.94. The van der Waals surface area contributed by atoms with Gasteiger partial charge in [-0.15, -0.1) is 0 Å². The minimum absolute atomic E-state index is 0.119. The average molecular weight is 384 g/mol. The number of hydrogen-bond acceptors (Lipinski definition) is 6. The number of carbonyl (C=O) groups excluding carboxylic acids is 4. The second-order valence-corrected chi connectivity index (χ2v) is 7.70. The van der Waals surface area contributed by atoms with Crippen molar-refractivity contribution in [1.82, 2.24) is 20.4 Å². The first-order valence-corrected chi connectivity index (χ1v) is 9.72. The van der Waals surface area contributed by atoms with Crippen LogP contribution in [0, 0.1) is 0 Å². The standard InChI is InChI=1S/C20H24N4O4/c1-23(13-5-3-9-21-10-13)11-12-4-2-6-14-17(12)20(28)24(19(14)27)15-7-8-16(25)22-18(15)26/h2,4,6,13,15,21H,3,5,7-11H2,1H3,(H,22,25,26)/t13-,15?/m1/s1. The van der Waals surface area contributed by atoms with Crippen LogP contribution in [-0.4, -0.2) is 65.6 Å². The number of nitrogens with one attached hydrogen (secondary N) is 2. The third kappa shape index (κ3) is 3.22. The molecular weight excluding hydrogens is 360 g/mol. The fraction of sp³-hybridized carbons (Fsp3) is 0.500. The zero-order chi connectivity index (χ0) is 19.8. The van der Waals surface area contributed by atoms with E-state index in [0.29, 0.717) is 23.7 Å². The van der Waals surface area contributed by atoms with Crippen molar-refractivity contribution in [3.63, 3.8) is 0 Å². The number of benzene rings is 1. The lowest BCUT2D eigenvalue weighted by Gasteiger charge is -2.32. The van der Waals surface area contributed by atoms with Gasteiger partial charge in [0.2, 0.25) is 11.8 Å². The van der Waals surface area contributed by atoms with Gasteiger partial charge in [0.1, 0.15) is 6.04 Å². The molecule has 0 aromatic heterocycles. The van der Waals surface area contributed by atoms with Crippen molar-refractivity contribution in [3.8, 4) is 0 Å². The van der Waals surface area contributed by atoms with Crippen LogP contribution >= 0.6 is 0 Å². The highest BCUT2D eigenvalue weighted by Crippen LogP contribution is 2.30. The third-order valence-corrected chi connectivity index (χ3v) is 5.87. The van der Waals surface area contributed by atoms with E-state index in [-0.39, 0.29) is 18.7 Å². The molecule has 0 spiro atoms. The van der Waals surface area contributed by atoms with Crippen LogP contribution in [0.4, 0.5) is 0 Å². The summed E-state index contributed by atoms with van der Waals surface area (Å²) in [6.07, 6.45) is 2.49. The summed E-state index contributed by atoms with van der Waals surface area (Å²) in [6, 6.07) is 4.72. The van der Waals surface area contributed by atoms with E-state index in [0.717, 1.165) is 36.4 Å². The number of nitrogens with zero attached hydrogens (tertiary/aromatic N) is 2. The molecule has 8 heteroatoms. The van der Waals surface area contributed by atoms with Crippen molar-refractivity contribution in [2.24, 2.45) is 0 Å². The van der Waals surface area contributed by atoms with E-state index in [9.17, 15) is 19.2 Å². The second kappa shape index (κ2) is 7.44. The highest BCUT2D eigenvalue weighted by atomic mass is 16.2. The normalized spacial score (nSPS) is 25.3. The Balaban J connectivity index is 1.59. The van der Waals surface area contributed by atoms with Crippen molar-refractivity contribution >= 4 is 23.6 Å². The molecule has 1 unspecified atom stereocenters. The maximum absolute atomic E-state index is 13.1. The van der Waals surface area contributed by atoms with Crippen molar-refractivity contribution < 1.29 is 19.2 Å². The third-order valence-electron chi connectivity index (χ3n) is 5.87. The zero-order valence-corrected chi connectivity index (χ0v) is 15.9. The SMILES string of the molecule is CN(Cc1cccc2c1C(=O)N(C1CCC(=O)NC1=O)C2=O)[C@@H]1CCCNC1. The predicted molar refractivity (Wildman–Crippen MR) is 100 cm³/mol. The minimum Gasteiger partial charge on any atom is -0.315 e. The summed E-state index contributed by atoms with van der Waals surface area (Å²) in [5.41, 5.74) is 1.51. The van der Waals surface area contributed by atoms with Crippen LogP contribution in [0.1, 0.15) is 52.0 Å². The Bertz CT molecular complexity index is 847. The molecule has 2 saturated heterocycles. The molecule has 0 aliphatic carbocycles. The fourth-order valence-electron chi connectivity index (χ4n) is 4.32. The first kappa shape index (κ1) is 18.8. The number of amides is 4. The van der Waals surface area contributed by atoms with E-state index in [1.54, 1.807) is 12.1 Å². The molecule has 3 aliphatic rings. The number of fused-ring (bicyclic) bond motifs is 1. The monoisotopic (exact) mass is 384 g/mol. The zero-order valence-electron chi connectivity index (χ0n) is 15.9. The summed E-state index contributed by atoms with van der Waals surface area (Å²) >= 11 is 0. The first-order chi connectivity index (χ1) is 13.5. The van der Waals surface area contributed by atoms with Gasteiger partial charge in [-0.3, -0.25) is 34.3 Å². The highest BCUT2D eigenvalue weighted by Gasteiger charge is 2.45. The molecule has 2 atom stereocenters. The van der Waals surface area contributed by atoms with Gasteiger partial charge < -0.3 is 5.32 Å². The Morgan fingerprint density at radius 3 is 2.68 bits per heavy atom. The van der Waals surface area contributed by atoms with Crippen LogP contribution in [0.3, 0.4) is 0 Å². The van der Waals surface area contributed by atoms with Crippen molar-refractivity contribution in [3.05, 3.63) is 34.9 Å². The van der Waals surface area contributed by atoms with Gasteiger partial charge in [-0.25, -0.2) is 0 Å². The van der Waals surface area contributed by atoms with E-state index in [1.165, 1.54) is 0 Å². The van der Waals surface area contributed by atoms with Gasteiger partial charge in [-0.2, -0.15) is 0 Å². The summed E-state index contributed by atoms with van der Waals surface area (Å²) in [5.74, 6) is -1.86. The Hall–Kier alpha value is -2.58. The van der Waals surface area contributed by atoms with E-state index < -0.39 is 23.8 Å². The molecule has 148 valence electrons. The van der Waals surface area contributed by atoms with Gasteiger partial charge >= 0.3 is 0 Å². The maximum Gasteiger partial charge on any atom is 0.262 e. The largest absolute Gasteiger partial charge is 0.315 e. The highest BCUT2D eigenvalue weighted by molar-refractivity contribution is 6.24. The Morgan fingerprint density at radius 2 is 1.96 bits per heavy atom. The number of imide groups is 2. The van der Waals surface area contributed by atoms with E-state index in [2.05, 4.69) is 15.5 Å². The summed E-state index contributed by atoms with van der Waals surface area (Å²) in [4.78, 5) is 52.9. The van der Waals surface area contributed by atoms with Crippen LogP contribution < -0.4 is 10.6 Å². The number of piperidine rings is 2. The molecule has 3 heterocycles. The smallest absolute Gasteiger partial charge is 0.262 e. The summed E-state index contributed by atoms with van der Waals surface area (Å²) in [7, 11) is 2.02. The van der Waals surface area contributed by atoms with Crippen LogP contribution in [0.2, 0.25) is 0 Å². The number of likely N-dealkylation sites (N-methyl/N-ethyl adjacent to an activating group) is 1. The number of carbonyl (C=O) groups is 4. The minimum atomic E-state index is -0.932. The predicted octanol–water partition coefficient (Wildman–Crippen LogP) is 0.272. The van der Waals surface area contributed by atoms with Gasteiger partial charge in [-0.1, -0.05) is 12.1 Å². The van der Waals surface area contributed by atoms with Gasteiger partial charge in [-0.05, 0) is 44.5 Å². The molecule has 0 saturated carbocycles. The first-order valence-electron chi connectivity index (χ1n) is 9.72. The topological polar surface area (TPSA) is 98.8 Å². The van der Waals surface area contributed by atoms with Crippen molar-refractivity contribution in [2.45, 2.75) is 44.3 Å². The molecule has 0 bridgehead atoms. The van der Waals surface area contributed by atoms with Crippen LogP contribution in [0.25, 0.3) is 0 Å². The molecule has 28 heavy (non-hydrogen) atoms. The van der Waals surface area contributed by atoms with Crippen molar-refractivity contribution in [1.29, 1.82) is 0 Å². The molecule has 2 N–H and O–H groups in total. The van der Waals surface area contributed by atoms with Crippen LogP contribution in [0.15, 0.2) is 18.2 Å². The van der Waals surface area contributed by atoms with Crippen LogP contribution in [0.5, 0.6) is 0 Å². The lowest BCUT2D eigenvalue weighted by molar-refractivity contribution is -0.136. The molecule has 0 radical (unpaired) electrons. The lowest BCUT2D eigenvalue weighted by atomic mass is 10.0.